The molecule has 1 aromatic rings. The van der Waals surface area contributed by atoms with Gasteiger partial charge >= 0.3 is 5.97 Å². The first-order valence-electron chi connectivity index (χ1n) is 5.53. The number of benzene rings is 1. The highest BCUT2D eigenvalue weighted by molar-refractivity contribution is 5.89. The van der Waals surface area contributed by atoms with E-state index in [4.69, 9.17) is 15.6 Å². The van der Waals surface area contributed by atoms with Gasteiger partial charge in [0.25, 0.3) is 0 Å². The van der Waals surface area contributed by atoms with Crippen LogP contribution in [0.1, 0.15) is 29.3 Å². The van der Waals surface area contributed by atoms with Gasteiger partial charge in [-0.25, -0.2) is 4.79 Å². The molecule has 0 spiro atoms. The minimum absolute atomic E-state index is 0.0895. The Morgan fingerprint density at radius 3 is 2.67 bits per heavy atom. The fraction of sp³-hybridized carbons (Fsp3) is 0.308. The number of anilines is 1. The number of carboxylic acids is 1. The molecule has 5 nitrogen and oxygen atoms in total. The average Bonchev–Trinajstić information content (AvgIpc) is 2.39. The van der Waals surface area contributed by atoms with Crippen molar-refractivity contribution >= 4 is 11.7 Å². The molecule has 0 fully saturated rings. The number of carboxylic acid groups (broad SMARTS) is 1. The molecule has 1 N–H and O–H groups in total. The van der Waals surface area contributed by atoms with Gasteiger partial charge < -0.3 is 10.0 Å². The summed E-state index contributed by atoms with van der Waals surface area (Å²) in [5.41, 5.74) is 1.07. The third kappa shape index (κ3) is 2.99. The van der Waals surface area contributed by atoms with Crippen molar-refractivity contribution in [1.29, 1.82) is 10.5 Å². The van der Waals surface area contributed by atoms with Gasteiger partial charge in [0.15, 0.2) is 0 Å². The first kappa shape index (κ1) is 13.5. The molecule has 0 radical (unpaired) electrons. The molecule has 18 heavy (non-hydrogen) atoms. The van der Waals surface area contributed by atoms with Crippen LogP contribution in [0.5, 0.6) is 0 Å². The van der Waals surface area contributed by atoms with Gasteiger partial charge in [0, 0.05) is 13.1 Å². The minimum atomic E-state index is -1.06. The molecule has 0 aliphatic rings. The molecule has 0 heterocycles. The van der Waals surface area contributed by atoms with Gasteiger partial charge in [0.1, 0.15) is 6.07 Å². The zero-order valence-electron chi connectivity index (χ0n) is 10.1. The van der Waals surface area contributed by atoms with Gasteiger partial charge in [-0.3, -0.25) is 0 Å². The maximum absolute atomic E-state index is 10.8. The Bertz CT molecular complexity index is 526. The van der Waals surface area contributed by atoms with Crippen LogP contribution in [0, 0.1) is 22.7 Å². The maximum Gasteiger partial charge on any atom is 0.335 e. The number of hydrogen-bond acceptors (Lipinski definition) is 4. The lowest BCUT2D eigenvalue weighted by atomic mass is 10.1. The van der Waals surface area contributed by atoms with E-state index in [0.717, 1.165) is 0 Å². The standard InChI is InChI=1S/C13H13N3O2/c1-2-16(7-3-6-14)12-5-4-10(13(17)18)8-11(12)9-15/h4-5,8H,2-3,7H2,1H3,(H,17,18). The summed E-state index contributed by atoms with van der Waals surface area (Å²) in [5.74, 6) is -1.06. The van der Waals surface area contributed by atoms with E-state index >= 15 is 0 Å². The molecule has 0 aliphatic carbocycles. The molecule has 0 atom stereocenters. The molecule has 0 bridgehead atoms. The zero-order chi connectivity index (χ0) is 13.5. The van der Waals surface area contributed by atoms with Crippen molar-refractivity contribution in [2.24, 2.45) is 0 Å². The Morgan fingerprint density at radius 1 is 1.44 bits per heavy atom. The molecule has 0 aliphatic heterocycles. The summed E-state index contributed by atoms with van der Waals surface area (Å²) < 4.78 is 0. The molecule has 1 rings (SSSR count). The highest BCUT2D eigenvalue weighted by atomic mass is 16.4. The highest BCUT2D eigenvalue weighted by Crippen LogP contribution is 2.21. The van der Waals surface area contributed by atoms with Crippen molar-refractivity contribution < 1.29 is 9.90 Å². The van der Waals surface area contributed by atoms with Crippen LogP contribution in [0.2, 0.25) is 0 Å². The zero-order valence-corrected chi connectivity index (χ0v) is 10.1. The Labute approximate surface area is 105 Å². The van der Waals surface area contributed by atoms with E-state index < -0.39 is 5.97 Å². The van der Waals surface area contributed by atoms with Crippen LogP contribution in [0.25, 0.3) is 0 Å². The predicted molar refractivity (Wildman–Crippen MR) is 66.2 cm³/mol. The molecular weight excluding hydrogens is 230 g/mol. The second-order valence-electron chi connectivity index (χ2n) is 3.64. The summed E-state index contributed by atoms with van der Waals surface area (Å²) in [6.07, 6.45) is 0.361. The second kappa shape index (κ2) is 6.27. The number of aromatic carboxylic acids is 1. The minimum Gasteiger partial charge on any atom is -0.478 e. The molecule has 0 unspecified atom stereocenters. The van der Waals surface area contributed by atoms with Crippen molar-refractivity contribution in [1.82, 2.24) is 0 Å². The summed E-state index contributed by atoms with van der Waals surface area (Å²) in [6, 6.07) is 8.48. The Hall–Kier alpha value is -2.53. The van der Waals surface area contributed by atoms with Crippen LogP contribution in [-0.2, 0) is 0 Å². The summed E-state index contributed by atoms with van der Waals surface area (Å²) in [5, 5.41) is 26.5. The summed E-state index contributed by atoms with van der Waals surface area (Å²) in [7, 11) is 0. The lowest BCUT2D eigenvalue weighted by Crippen LogP contribution is -2.24. The van der Waals surface area contributed by atoms with Crippen molar-refractivity contribution in [3.05, 3.63) is 29.3 Å². The number of hydrogen-bond donors (Lipinski definition) is 1. The number of carbonyl (C=O) groups is 1. The predicted octanol–water partition coefficient (Wildman–Crippen LogP) is 2.00. The fourth-order valence-corrected chi connectivity index (χ4v) is 1.67. The molecule has 0 aromatic heterocycles. The van der Waals surface area contributed by atoms with Gasteiger partial charge in [-0.15, -0.1) is 0 Å². The van der Waals surface area contributed by atoms with Gasteiger partial charge in [-0.2, -0.15) is 10.5 Å². The average molecular weight is 243 g/mol. The van der Waals surface area contributed by atoms with E-state index in [1.54, 1.807) is 6.07 Å². The summed E-state index contributed by atoms with van der Waals surface area (Å²) in [4.78, 5) is 12.7. The van der Waals surface area contributed by atoms with Crippen LogP contribution in [-0.4, -0.2) is 24.2 Å². The fourth-order valence-electron chi connectivity index (χ4n) is 1.67. The quantitative estimate of drug-likeness (QED) is 0.854. The normalized spacial score (nSPS) is 9.28. The number of nitriles is 2. The first-order valence-corrected chi connectivity index (χ1v) is 5.53. The van der Waals surface area contributed by atoms with Gasteiger partial charge in [-0.05, 0) is 25.1 Å². The van der Waals surface area contributed by atoms with Crippen molar-refractivity contribution in [3.63, 3.8) is 0 Å². The smallest absolute Gasteiger partial charge is 0.335 e. The molecular formula is C13H13N3O2. The SMILES string of the molecule is CCN(CCC#N)c1ccc(C(=O)O)cc1C#N. The summed E-state index contributed by atoms with van der Waals surface area (Å²) >= 11 is 0. The van der Waals surface area contributed by atoms with Crippen molar-refractivity contribution in [3.8, 4) is 12.1 Å². The molecule has 0 saturated heterocycles. The van der Waals surface area contributed by atoms with Crippen LogP contribution >= 0.6 is 0 Å². The topological polar surface area (TPSA) is 88.1 Å². The second-order valence-corrected chi connectivity index (χ2v) is 3.64. The third-order valence-electron chi connectivity index (χ3n) is 2.58. The Balaban J connectivity index is 3.12. The molecule has 5 heteroatoms. The van der Waals surface area contributed by atoms with Crippen LogP contribution in [0.3, 0.4) is 0 Å². The number of rotatable bonds is 5. The molecule has 0 saturated carbocycles. The highest BCUT2D eigenvalue weighted by Gasteiger charge is 2.12. The van der Waals surface area contributed by atoms with Crippen molar-refractivity contribution in [2.75, 3.05) is 18.0 Å². The van der Waals surface area contributed by atoms with E-state index in [-0.39, 0.29) is 5.56 Å². The van der Waals surface area contributed by atoms with Crippen LogP contribution < -0.4 is 4.90 Å². The van der Waals surface area contributed by atoms with Gasteiger partial charge in [0.05, 0.1) is 29.3 Å². The third-order valence-corrected chi connectivity index (χ3v) is 2.58. The Kier molecular flexibility index (Phi) is 4.71. The molecule has 92 valence electrons. The van der Waals surface area contributed by atoms with Crippen LogP contribution in [0.15, 0.2) is 18.2 Å². The van der Waals surface area contributed by atoms with E-state index in [2.05, 4.69) is 6.07 Å². The lowest BCUT2D eigenvalue weighted by Gasteiger charge is -2.23. The molecule has 1 aromatic carbocycles. The van der Waals surface area contributed by atoms with Gasteiger partial charge in [-0.1, -0.05) is 0 Å². The monoisotopic (exact) mass is 243 g/mol. The maximum atomic E-state index is 10.8. The van der Waals surface area contributed by atoms with Crippen LogP contribution in [0.4, 0.5) is 5.69 Å². The van der Waals surface area contributed by atoms with Crippen molar-refractivity contribution in [2.45, 2.75) is 13.3 Å². The van der Waals surface area contributed by atoms with E-state index in [1.165, 1.54) is 12.1 Å². The van der Waals surface area contributed by atoms with E-state index in [1.807, 2.05) is 17.9 Å². The number of nitrogens with zero attached hydrogens (tertiary/aromatic N) is 3. The summed E-state index contributed by atoms with van der Waals surface area (Å²) in [6.45, 7) is 3.10. The molecule has 0 amide bonds. The van der Waals surface area contributed by atoms with E-state index in [0.29, 0.717) is 30.8 Å². The van der Waals surface area contributed by atoms with E-state index in [9.17, 15) is 4.79 Å². The lowest BCUT2D eigenvalue weighted by molar-refractivity contribution is 0.0697. The largest absolute Gasteiger partial charge is 0.478 e. The van der Waals surface area contributed by atoms with Gasteiger partial charge in [0.2, 0.25) is 0 Å². The Morgan fingerprint density at radius 2 is 2.17 bits per heavy atom. The first-order chi connectivity index (χ1) is 8.63.